The molecule has 0 aliphatic carbocycles. The van der Waals surface area contributed by atoms with Crippen LogP contribution < -0.4 is 14.4 Å². The van der Waals surface area contributed by atoms with E-state index in [2.05, 4.69) is 9.88 Å². The fourth-order valence-electron chi connectivity index (χ4n) is 3.37. The third kappa shape index (κ3) is 3.36. The largest absolute Gasteiger partial charge is 0.493 e. The van der Waals surface area contributed by atoms with Crippen molar-refractivity contribution in [1.82, 2.24) is 9.88 Å². The molecule has 28 heavy (non-hydrogen) atoms. The first-order valence-electron chi connectivity index (χ1n) is 8.92. The zero-order chi connectivity index (χ0) is 19.7. The minimum Gasteiger partial charge on any atom is -0.493 e. The van der Waals surface area contributed by atoms with E-state index in [0.29, 0.717) is 35.2 Å². The van der Waals surface area contributed by atoms with Crippen molar-refractivity contribution in [2.75, 3.05) is 45.3 Å². The van der Waals surface area contributed by atoms with E-state index in [9.17, 15) is 4.79 Å². The van der Waals surface area contributed by atoms with Crippen LogP contribution in [0.1, 0.15) is 10.4 Å². The lowest BCUT2D eigenvalue weighted by Crippen LogP contribution is -2.48. The average Bonchev–Trinajstić information content (AvgIpc) is 3.18. The second-order valence-corrected chi connectivity index (χ2v) is 7.82. The minimum absolute atomic E-state index is 0.0530. The molecule has 0 N–H and O–H groups in total. The summed E-state index contributed by atoms with van der Waals surface area (Å²) in [6.45, 7) is 2.66. The van der Waals surface area contributed by atoms with Gasteiger partial charge >= 0.3 is 0 Å². The molecule has 3 aromatic rings. The molecule has 0 bridgehead atoms. The number of nitrogens with zero attached hydrogens (tertiary/aromatic N) is 3. The quantitative estimate of drug-likeness (QED) is 0.643. The van der Waals surface area contributed by atoms with Crippen LogP contribution in [0.2, 0.25) is 5.02 Å². The number of rotatable bonds is 4. The molecule has 1 fully saturated rings. The lowest BCUT2D eigenvalue weighted by atomic mass is 10.1. The number of amides is 1. The Labute approximate surface area is 172 Å². The van der Waals surface area contributed by atoms with Gasteiger partial charge in [0.25, 0.3) is 5.91 Å². The summed E-state index contributed by atoms with van der Waals surface area (Å²) in [6, 6.07) is 11.2. The Hall–Kier alpha value is -2.51. The number of halogens is 1. The number of carbonyl (C=O) groups is 1. The highest BCUT2D eigenvalue weighted by Crippen LogP contribution is 2.34. The maximum Gasteiger partial charge on any atom is 0.257 e. The summed E-state index contributed by atoms with van der Waals surface area (Å²) < 4.78 is 11.8. The first-order valence-corrected chi connectivity index (χ1v) is 10.1. The number of aromatic nitrogens is 1. The van der Waals surface area contributed by atoms with Gasteiger partial charge in [0, 0.05) is 26.2 Å². The Bertz CT molecular complexity index is 1020. The topological polar surface area (TPSA) is 54.9 Å². The fourth-order valence-corrected chi connectivity index (χ4v) is 4.68. The fraction of sp³-hybridized carbons (Fsp3) is 0.300. The van der Waals surface area contributed by atoms with Gasteiger partial charge in [-0.25, -0.2) is 4.98 Å². The molecule has 2 heterocycles. The predicted molar refractivity (Wildman–Crippen MR) is 112 cm³/mol. The molecule has 1 aromatic heterocycles. The van der Waals surface area contributed by atoms with Gasteiger partial charge in [0.1, 0.15) is 5.52 Å². The van der Waals surface area contributed by atoms with Gasteiger partial charge < -0.3 is 19.3 Å². The highest BCUT2D eigenvalue weighted by molar-refractivity contribution is 7.22. The van der Waals surface area contributed by atoms with Crippen LogP contribution in [0.3, 0.4) is 0 Å². The molecule has 2 aromatic carbocycles. The van der Waals surface area contributed by atoms with E-state index in [1.54, 1.807) is 43.8 Å². The number of ether oxygens (including phenoxy) is 2. The highest BCUT2D eigenvalue weighted by Gasteiger charge is 2.27. The molecule has 146 valence electrons. The molecule has 0 radical (unpaired) electrons. The second kappa shape index (κ2) is 7.85. The normalized spacial score (nSPS) is 14.4. The maximum absolute atomic E-state index is 13.0. The molecule has 1 amide bonds. The Morgan fingerprint density at radius 1 is 1.07 bits per heavy atom. The lowest BCUT2D eigenvalue weighted by molar-refractivity contribution is 0.0742. The van der Waals surface area contributed by atoms with Crippen LogP contribution in [0.15, 0.2) is 36.4 Å². The van der Waals surface area contributed by atoms with E-state index in [4.69, 9.17) is 21.1 Å². The summed E-state index contributed by atoms with van der Waals surface area (Å²) in [4.78, 5) is 21.7. The number of benzene rings is 2. The number of para-hydroxylation sites is 2. The summed E-state index contributed by atoms with van der Waals surface area (Å²) in [5.74, 6) is 0.972. The summed E-state index contributed by atoms with van der Waals surface area (Å²) in [7, 11) is 3.11. The number of piperazine rings is 1. The van der Waals surface area contributed by atoms with Crippen LogP contribution in [0.4, 0.5) is 5.13 Å². The van der Waals surface area contributed by atoms with Gasteiger partial charge in [-0.15, -0.1) is 0 Å². The molecule has 6 nitrogen and oxygen atoms in total. The third-order valence-electron chi connectivity index (χ3n) is 4.83. The zero-order valence-electron chi connectivity index (χ0n) is 15.6. The summed E-state index contributed by atoms with van der Waals surface area (Å²) in [5, 5.41) is 1.60. The molecule has 0 atom stereocenters. The first kappa shape index (κ1) is 18.8. The van der Waals surface area contributed by atoms with Crippen molar-refractivity contribution in [3.8, 4) is 11.5 Å². The van der Waals surface area contributed by atoms with Crippen LogP contribution in [-0.4, -0.2) is 56.2 Å². The predicted octanol–water partition coefficient (Wildman–Crippen LogP) is 3.93. The van der Waals surface area contributed by atoms with E-state index < -0.39 is 0 Å². The molecule has 1 aliphatic rings. The maximum atomic E-state index is 13.0. The van der Waals surface area contributed by atoms with Gasteiger partial charge in [-0.3, -0.25) is 4.79 Å². The molecular weight excluding hydrogens is 398 g/mol. The number of carbonyl (C=O) groups excluding carboxylic acids is 1. The average molecular weight is 418 g/mol. The van der Waals surface area contributed by atoms with Crippen LogP contribution in [0, 0.1) is 0 Å². The van der Waals surface area contributed by atoms with Gasteiger partial charge in [-0.1, -0.05) is 35.1 Å². The summed E-state index contributed by atoms with van der Waals surface area (Å²) in [5.41, 5.74) is 1.35. The standard InChI is InChI=1S/C20H20ClN3O3S/c1-26-15-7-3-5-13(18(15)27-2)19(25)23-9-11-24(12-10-23)20-22-17-14(21)6-4-8-16(17)28-20/h3-8H,9-12H2,1-2H3. The van der Waals surface area contributed by atoms with Gasteiger partial charge in [0.05, 0.1) is 29.5 Å². The van der Waals surface area contributed by atoms with Gasteiger partial charge in [-0.05, 0) is 24.3 Å². The van der Waals surface area contributed by atoms with Crippen molar-refractivity contribution in [2.24, 2.45) is 0 Å². The van der Waals surface area contributed by atoms with Crippen molar-refractivity contribution in [2.45, 2.75) is 0 Å². The molecule has 0 unspecified atom stereocenters. The minimum atomic E-state index is -0.0530. The number of thiazole rings is 1. The van der Waals surface area contributed by atoms with Gasteiger partial charge in [-0.2, -0.15) is 0 Å². The van der Waals surface area contributed by atoms with Gasteiger partial charge in [0.2, 0.25) is 0 Å². The smallest absolute Gasteiger partial charge is 0.257 e. The molecule has 0 saturated carbocycles. The van der Waals surface area contributed by atoms with E-state index in [0.717, 1.165) is 28.4 Å². The SMILES string of the molecule is COc1cccc(C(=O)N2CCN(c3nc4c(Cl)cccc4s3)CC2)c1OC. The Balaban J connectivity index is 1.49. The van der Waals surface area contributed by atoms with E-state index in [-0.39, 0.29) is 5.91 Å². The van der Waals surface area contributed by atoms with E-state index >= 15 is 0 Å². The van der Waals surface area contributed by atoms with Crippen molar-refractivity contribution < 1.29 is 14.3 Å². The molecule has 0 spiro atoms. The monoisotopic (exact) mass is 417 g/mol. The number of fused-ring (bicyclic) bond motifs is 1. The van der Waals surface area contributed by atoms with Crippen LogP contribution in [0.5, 0.6) is 11.5 Å². The number of hydrogen-bond donors (Lipinski definition) is 0. The second-order valence-electron chi connectivity index (χ2n) is 6.40. The number of anilines is 1. The van der Waals surface area contributed by atoms with Crippen molar-refractivity contribution in [3.05, 3.63) is 47.0 Å². The number of methoxy groups -OCH3 is 2. The van der Waals surface area contributed by atoms with Crippen LogP contribution in [-0.2, 0) is 0 Å². The third-order valence-corrected chi connectivity index (χ3v) is 6.22. The van der Waals surface area contributed by atoms with Crippen LogP contribution in [0.25, 0.3) is 10.2 Å². The van der Waals surface area contributed by atoms with Crippen molar-refractivity contribution in [1.29, 1.82) is 0 Å². The van der Waals surface area contributed by atoms with E-state index in [1.165, 1.54) is 0 Å². The number of hydrogen-bond acceptors (Lipinski definition) is 6. The van der Waals surface area contributed by atoms with Crippen molar-refractivity contribution >= 4 is 44.2 Å². The first-order chi connectivity index (χ1) is 13.6. The molecular formula is C20H20ClN3O3S. The molecule has 4 rings (SSSR count). The molecule has 8 heteroatoms. The van der Waals surface area contributed by atoms with Crippen LogP contribution >= 0.6 is 22.9 Å². The Morgan fingerprint density at radius 3 is 2.50 bits per heavy atom. The Kier molecular flexibility index (Phi) is 5.28. The van der Waals surface area contributed by atoms with E-state index in [1.807, 2.05) is 23.1 Å². The molecule has 1 aliphatic heterocycles. The highest BCUT2D eigenvalue weighted by atomic mass is 35.5. The summed E-state index contributed by atoms with van der Waals surface area (Å²) in [6.07, 6.45) is 0. The van der Waals surface area contributed by atoms with Gasteiger partial charge in [0.15, 0.2) is 16.6 Å². The zero-order valence-corrected chi connectivity index (χ0v) is 17.2. The summed E-state index contributed by atoms with van der Waals surface area (Å²) >= 11 is 7.87. The molecule has 1 saturated heterocycles. The van der Waals surface area contributed by atoms with Crippen molar-refractivity contribution in [3.63, 3.8) is 0 Å². The Morgan fingerprint density at radius 2 is 1.82 bits per heavy atom. The lowest BCUT2D eigenvalue weighted by Gasteiger charge is -2.34.